The maximum absolute atomic E-state index is 14.2. The van der Waals surface area contributed by atoms with Crippen LogP contribution in [-0.4, -0.2) is 23.6 Å². The number of hydrogen-bond acceptors (Lipinski definition) is 4. The molecule has 0 saturated carbocycles. The molecule has 2 aromatic rings. The summed E-state index contributed by atoms with van der Waals surface area (Å²) in [6.45, 7) is 2.47. The van der Waals surface area contributed by atoms with Gasteiger partial charge in [0, 0.05) is 6.54 Å². The van der Waals surface area contributed by atoms with E-state index in [1.54, 1.807) is 0 Å². The molecule has 1 N–H and O–H groups in total. The minimum absolute atomic E-state index is 0.0646. The summed E-state index contributed by atoms with van der Waals surface area (Å²) in [6.07, 6.45) is 1.23. The summed E-state index contributed by atoms with van der Waals surface area (Å²) in [4.78, 5) is 7.95. The number of nitrogens with zero attached hydrogens (tertiary/aromatic N) is 2. The van der Waals surface area contributed by atoms with Crippen molar-refractivity contribution in [1.29, 1.82) is 0 Å². The summed E-state index contributed by atoms with van der Waals surface area (Å²) in [6, 6.07) is 2.46. The summed E-state index contributed by atoms with van der Waals surface area (Å²) >= 11 is 3.03. The molecule has 7 heteroatoms. The van der Waals surface area contributed by atoms with Gasteiger partial charge in [0.1, 0.15) is 23.7 Å². The van der Waals surface area contributed by atoms with Crippen LogP contribution < -0.4 is 10.1 Å². The van der Waals surface area contributed by atoms with Gasteiger partial charge in [-0.2, -0.15) is 0 Å². The molecular weight excluding hydrogens is 332 g/mol. The summed E-state index contributed by atoms with van der Waals surface area (Å²) in [5, 5.41) is 2.96. The lowest BCUT2D eigenvalue weighted by molar-refractivity contribution is 0.414. The molecule has 4 nitrogen and oxygen atoms in total. The van der Waals surface area contributed by atoms with Crippen molar-refractivity contribution >= 4 is 21.7 Å². The van der Waals surface area contributed by atoms with E-state index in [9.17, 15) is 8.78 Å². The smallest absolute Gasteiger partial charge is 0.187 e. The lowest BCUT2D eigenvalue weighted by atomic mass is 10.1. The number of hydrogen-bond donors (Lipinski definition) is 1. The molecule has 0 aliphatic carbocycles. The second kappa shape index (κ2) is 6.13. The van der Waals surface area contributed by atoms with Crippen LogP contribution in [0.5, 0.6) is 5.75 Å². The van der Waals surface area contributed by atoms with Crippen molar-refractivity contribution < 1.29 is 13.5 Å². The van der Waals surface area contributed by atoms with E-state index in [-0.39, 0.29) is 21.5 Å². The highest BCUT2D eigenvalue weighted by Gasteiger charge is 2.21. The fraction of sp³-hybridized carbons (Fsp3) is 0.231. The molecular formula is C13H12BrF2N3O. The molecule has 0 aliphatic heterocycles. The quantitative estimate of drug-likeness (QED) is 0.861. The normalized spacial score (nSPS) is 10.4. The molecule has 106 valence electrons. The van der Waals surface area contributed by atoms with E-state index in [4.69, 9.17) is 4.74 Å². The van der Waals surface area contributed by atoms with Crippen LogP contribution in [0.2, 0.25) is 0 Å². The molecule has 2 rings (SSSR count). The second-order valence-electron chi connectivity index (χ2n) is 3.85. The van der Waals surface area contributed by atoms with Gasteiger partial charge >= 0.3 is 0 Å². The lowest BCUT2D eigenvalue weighted by Crippen LogP contribution is -2.05. The number of methoxy groups -OCH3 is 1. The second-order valence-corrected chi connectivity index (χ2v) is 4.71. The van der Waals surface area contributed by atoms with Crippen LogP contribution in [0.1, 0.15) is 6.92 Å². The Hall–Kier alpha value is -1.76. The zero-order valence-electron chi connectivity index (χ0n) is 10.9. The number of aromatic nitrogens is 2. The lowest BCUT2D eigenvalue weighted by Gasteiger charge is -2.13. The van der Waals surface area contributed by atoms with Gasteiger partial charge in [0.25, 0.3) is 0 Å². The largest absolute Gasteiger partial charge is 0.491 e. The maximum atomic E-state index is 14.2. The highest BCUT2D eigenvalue weighted by atomic mass is 79.9. The minimum Gasteiger partial charge on any atom is -0.491 e. The number of nitrogens with one attached hydrogen (secondary N) is 1. The fourth-order valence-electron chi connectivity index (χ4n) is 1.78. The fourth-order valence-corrected chi connectivity index (χ4v) is 2.11. The highest BCUT2D eigenvalue weighted by molar-refractivity contribution is 9.10. The van der Waals surface area contributed by atoms with E-state index in [0.717, 1.165) is 6.07 Å². The van der Waals surface area contributed by atoms with Crippen molar-refractivity contribution in [2.24, 2.45) is 0 Å². The van der Waals surface area contributed by atoms with Crippen molar-refractivity contribution in [2.75, 3.05) is 19.0 Å². The first-order valence-electron chi connectivity index (χ1n) is 5.86. The SMILES string of the molecule is CCNc1ncnc(-c2c(F)ccc(Br)c2F)c1OC. The Morgan fingerprint density at radius 1 is 1.30 bits per heavy atom. The topological polar surface area (TPSA) is 47.0 Å². The molecule has 0 aliphatic rings. The molecule has 0 radical (unpaired) electrons. The zero-order valence-corrected chi connectivity index (χ0v) is 12.5. The first-order valence-corrected chi connectivity index (χ1v) is 6.66. The van der Waals surface area contributed by atoms with Gasteiger partial charge in [0.2, 0.25) is 0 Å². The Balaban J connectivity index is 2.70. The molecule has 0 bridgehead atoms. The maximum Gasteiger partial charge on any atom is 0.187 e. The van der Waals surface area contributed by atoms with Crippen molar-refractivity contribution in [3.63, 3.8) is 0 Å². The number of halogens is 3. The Labute approximate surface area is 123 Å². The third-order valence-electron chi connectivity index (χ3n) is 2.63. The van der Waals surface area contributed by atoms with Crippen LogP contribution in [0.25, 0.3) is 11.3 Å². The first kappa shape index (κ1) is 14.6. The highest BCUT2D eigenvalue weighted by Crippen LogP contribution is 2.37. The van der Waals surface area contributed by atoms with Crippen LogP contribution >= 0.6 is 15.9 Å². The van der Waals surface area contributed by atoms with E-state index in [1.165, 1.54) is 19.5 Å². The van der Waals surface area contributed by atoms with Gasteiger partial charge in [0.15, 0.2) is 11.6 Å². The van der Waals surface area contributed by atoms with E-state index < -0.39 is 11.6 Å². The van der Waals surface area contributed by atoms with Gasteiger partial charge in [-0.15, -0.1) is 0 Å². The van der Waals surface area contributed by atoms with Crippen LogP contribution in [-0.2, 0) is 0 Å². The Bertz CT molecular complexity index is 637. The third-order valence-corrected chi connectivity index (χ3v) is 3.25. The van der Waals surface area contributed by atoms with Gasteiger partial charge < -0.3 is 10.1 Å². The predicted octanol–water partition coefficient (Wildman–Crippen LogP) is 3.62. The van der Waals surface area contributed by atoms with Crippen LogP contribution in [0.15, 0.2) is 22.9 Å². The molecule has 0 spiro atoms. The van der Waals surface area contributed by atoms with E-state index in [0.29, 0.717) is 12.4 Å². The first-order chi connectivity index (χ1) is 9.60. The van der Waals surface area contributed by atoms with Gasteiger partial charge in [-0.3, -0.25) is 0 Å². The van der Waals surface area contributed by atoms with Gasteiger partial charge in [-0.05, 0) is 35.0 Å². The van der Waals surface area contributed by atoms with E-state index in [1.807, 2.05) is 6.92 Å². The summed E-state index contributed by atoms with van der Waals surface area (Å²) in [5.74, 6) is -0.862. The van der Waals surface area contributed by atoms with E-state index >= 15 is 0 Å². The van der Waals surface area contributed by atoms with Crippen LogP contribution in [0.3, 0.4) is 0 Å². The molecule has 20 heavy (non-hydrogen) atoms. The summed E-state index contributed by atoms with van der Waals surface area (Å²) < 4.78 is 33.5. The molecule has 1 aromatic carbocycles. The molecule has 0 unspecified atom stereocenters. The molecule has 1 heterocycles. The monoisotopic (exact) mass is 343 g/mol. The standard InChI is InChI=1S/C13H12BrF2N3O/c1-3-17-13-12(20-2)11(18-6-19-13)9-8(15)5-4-7(14)10(9)16/h4-6H,3H2,1-2H3,(H,17,18,19). The van der Waals surface area contributed by atoms with Gasteiger partial charge in [-0.25, -0.2) is 18.7 Å². The van der Waals surface area contributed by atoms with Gasteiger partial charge in [0.05, 0.1) is 17.1 Å². The Morgan fingerprint density at radius 2 is 2.05 bits per heavy atom. The van der Waals surface area contributed by atoms with Crippen molar-refractivity contribution in [1.82, 2.24) is 9.97 Å². The Morgan fingerprint density at radius 3 is 2.70 bits per heavy atom. The average Bonchev–Trinajstić information content (AvgIpc) is 2.44. The molecule has 1 aromatic heterocycles. The Kier molecular flexibility index (Phi) is 4.49. The summed E-state index contributed by atoms with van der Waals surface area (Å²) in [7, 11) is 1.40. The van der Waals surface area contributed by atoms with Gasteiger partial charge in [-0.1, -0.05) is 0 Å². The number of rotatable bonds is 4. The molecule has 0 amide bonds. The van der Waals surface area contributed by atoms with Crippen molar-refractivity contribution in [3.8, 4) is 17.0 Å². The minimum atomic E-state index is -0.732. The average molecular weight is 344 g/mol. The van der Waals surface area contributed by atoms with Crippen LogP contribution in [0.4, 0.5) is 14.6 Å². The zero-order chi connectivity index (χ0) is 14.7. The molecule has 0 fully saturated rings. The van der Waals surface area contributed by atoms with Crippen molar-refractivity contribution in [2.45, 2.75) is 6.92 Å². The predicted molar refractivity (Wildman–Crippen MR) is 75.8 cm³/mol. The number of anilines is 1. The van der Waals surface area contributed by atoms with Crippen LogP contribution in [0, 0.1) is 11.6 Å². The molecule has 0 atom stereocenters. The number of ether oxygens (including phenoxy) is 1. The third kappa shape index (κ3) is 2.58. The molecule has 0 saturated heterocycles. The number of benzene rings is 1. The van der Waals surface area contributed by atoms with Crippen molar-refractivity contribution in [3.05, 3.63) is 34.6 Å². The van der Waals surface area contributed by atoms with E-state index in [2.05, 4.69) is 31.2 Å². The summed E-state index contributed by atoms with van der Waals surface area (Å²) in [5.41, 5.74) is -0.187.